The highest BCUT2D eigenvalue weighted by atomic mass is 16.5. The third kappa shape index (κ3) is 4.12. The molecule has 1 aromatic heterocycles. The van der Waals surface area contributed by atoms with Crippen LogP contribution in [0.4, 0.5) is 0 Å². The molecule has 1 aromatic carbocycles. The number of methoxy groups -OCH3 is 1. The van der Waals surface area contributed by atoms with Crippen LogP contribution in [0.25, 0.3) is 0 Å². The maximum absolute atomic E-state index is 13.0. The molecule has 0 aliphatic carbocycles. The molecule has 148 valence electrons. The smallest absolute Gasteiger partial charge is 0.229 e. The van der Waals surface area contributed by atoms with E-state index in [1.807, 2.05) is 41.4 Å². The van der Waals surface area contributed by atoms with Crippen LogP contribution in [0.2, 0.25) is 0 Å². The molecule has 6 nitrogen and oxygen atoms in total. The third-order valence-corrected chi connectivity index (χ3v) is 5.49. The number of ether oxygens (including phenoxy) is 3. The van der Waals surface area contributed by atoms with Gasteiger partial charge in [-0.3, -0.25) is 9.78 Å². The van der Waals surface area contributed by atoms with Crippen LogP contribution in [0, 0.1) is 5.92 Å². The van der Waals surface area contributed by atoms with Crippen LogP contribution in [0.5, 0.6) is 11.5 Å². The van der Waals surface area contributed by atoms with Crippen molar-refractivity contribution in [2.45, 2.75) is 32.0 Å². The Morgan fingerprint density at radius 1 is 1.25 bits per heavy atom. The van der Waals surface area contributed by atoms with Gasteiger partial charge in [0, 0.05) is 25.5 Å². The number of carbonyl (C=O) groups excluding carboxylic acids is 1. The number of nitrogens with zero attached hydrogens (tertiary/aromatic N) is 2. The van der Waals surface area contributed by atoms with Crippen LogP contribution < -0.4 is 9.47 Å². The Hall–Kier alpha value is -2.60. The van der Waals surface area contributed by atoms with E-state index < -0.39 is 0 Å². The van der Waals surface area contributed by atoms with Gasteiger partial charge in [0.05, 0.1) is 25.7 Å². The van der Waals surface area contributed by atoms with E-state index in [2.05, 4.69) is 4.98 Å². The summed E-state index contributed by atoms with van der Waals surface area (Å²) in [5.74, 6) is 1.55. The number of piperidine rings is 1. The summed E-state index contributed by atoms with van der Waals surface area (Å²) in [4.78, 5) is 19.0. The third-order valence-electron chi connectivity index (χ3n) is 5.49. The van der Waals surface area contributed by atoms with E-state index >= 15 is 0 Å². The zero-order valence-electron chi connectivity index (χ0n) is 16.2. The number of likely N-dealkylation sites (tertiary alicyclic amines) is 1. The number of carbonyl (C=O) groups is 1. The van der Waals surface area contributed by atoms with Gasteiger partial charge in [0.25, 0.3) is 0 Å². The number of aromatic nitrogens is 1. The number of rotatable bonds is 5. The number of para-hydroxylation sites is 1. The summed E-state index contributed by atoms with van der Waals surface area (Å²) in [6, 6.07) is 9.77. The predicted octanol–water partition coefficient (Wildman–Crippen LogP) is 2.85. The molecule has 2 aromatic rings. The van der Waals surface area contributed by atoms with Gasteiger partial charge < -0.3 is 19.1 Å². The Labute approximate surface area is 165 Å². The van der Waals surface area contributed by atoms with Crippen molar-refractivity contribution in [2.75, 3.05) is 26.8 Å². The summed E-state index contributed by atoms with van der Waals surface area (Å²) in [6.45, 7) is 2.45. The van der Waals surface area contributed by atoms with Crippen molar-refractivity contribution in [1.82, 2.24) is 9.88 Å². The Balaban J connectivity index is 1.28. The number of benzene rings is 1. The number of hydrogen-bond acceptors (Lipinski definition) is 5. The summed E-state index contributed by atoms with van der Waals surface area (Å²) in [6.07, 6.45) is 6.21. The Kier molecular flexibility index (Phi) is 5.76. The maximum Gasteiger partial charge on any atom is 0.229 e. The molecule has 6 heteroatoms. The monoisotopic (exact) mass is 382 g/mol. The zero-order chi connectivity index (χ0) is 19.3. The van der Waals surface area contributed by atoms with Crippen molar-refractivity contribution in [3.63, 3.8) is 0 Å². The predicted molar refractivity (Wildman–Crippen MR) is 104 cm³/mol. The van der Waals surface area contributed by atoms with Gasteiger partial charge in [-0.15, -0.1) is 0 Å². The molecule has 2 aliphatic heterocycles. The molecule has 0 radical (unpaired) electrons. The Morgan fingerprint density at radius 2 is 2.11 bits per heavy atom. The first-order valence-corrected chi connectivity index (χ1v) is 9.82. The topological polar surface area (TPSA) is 60.9 Å². The van der Waals surface area contributed by atoms with E-state index in [0.29, 0.717) is 19.6 Å². The van der Waals surface area contributed by atoms with Gasteiger partial charge >= 0.3 is 0 Å². The average Bonchev–Trinajstić information content (AvgIpc) is 2.77. The highest BCUT2D eigenvalue weighted by molar-refractivity contribution is 5.80. The van der Waals surface area contributed by atoms with Crippen molar-refractivity contribution < 1.29 is 19.0 Å². The molecule has 28 heavy (non-hydrogen) atoms. The number of fused-ring (bicyclic) bond motifs is 1. The largest absolute Gasteiger partial charge is 0.493 e. The molecular formula is C22H26N2O4. The number of hydrogen-bond donors (Lipinski definition) is 0. The summed E-state index contributed by atoms with van der Waals surface area (Å²) in [5, 5.41) is 0. The minimum atomic E-state index is -0.132. The SMILES string of the molecule is COc1cccc2c1OCC(C(=O)N1CCC(OCc3cccnc3)CC1)C2. The number of amides is 1. The van der Waals surface area contributed by atoms with Crippen LogP contribution in [0.3, 0.4) is 0 Å². The molecule has 0 spiro atoms. The Morgan fingerprint density at radius 3 is 2.86 bits per heavy atom. The first kappa shape index (κ1) is 18.7. The summed E-state index contributed by atoms with van der Waals surface area (Å²) in [5.41, 5.74) is 2.12. The minimum absolute atomic E-state index is 0.132. The van der Waals surface area contributed by atoms with Crippen LogP contribution in [0.1, 0.15) is 24.0 Å². The number of pyridine rings is 1. The molecule has 0 saturated carbocycles. The fourth-order valence-electron chi connectivity index (χ4n) is 3.91. The zero-order valence-corrected chi connectivity index (χ0v) is 16.2. The molecule has 0 bridgehead atoms. The standard InChI is InChI=1S/C22H26N2O4/c1-26-20-6-2-5-17-12-18(15-28-21(17)20)22(25)24-10-7-19(8-11-24)27-14-16-4-3-9-23-13-16/h2-6,9,13,18-19H,7-8,10-12,14-15H2,1H3. The van der Waals surface area contributed by atoms with Crippen molar-refractivity contribution in [2.24, 2.45) is 5.92 Å². The molecular weight excluding hydrogens is 356 g/mol. The second-order valence-corrected chi connectivity index (χ2v) is 7.36. The van der Waals surface area contributed by atoms with E-state index in [1.165, 1.54) is 0 Å². The van der Waals surface area contributed by atoms with Gasteiger partial charge in [-0.1, -0.05) is 18.2 Å². The van der Waals surface area contributed by atoms with Gasteiger partial charge in [-0.2, -0.15) is 0 Å². The molecule has 3 heterocycles. The highest BCUT2D eigenvalue weighted by Gasteiger charge is 2.32. The van der Waals surface area contributed by atoms with Gasteiger partial charge in [0.1, 0.15) is 6.61 Å². The normalized spacial score (nSPS) is 19.6. The summed E-state index contributed by atoms with van der Waals surface area (Å²) in [7, 11) is 1.64. The van der Waals surface area contributed by atoms with Crippen molar-refractivity contribution in [1.29, 1.82) is 0 Å². The molecule has 1 fully saturated rings. The van der Waals surface area contributed by atoms with E-state index in [4.69, 9.17) is 14.2 Å². The maximum atomic E-state index is 13.0. The lowest BCUT2D eigenvalue weighted by molar-refractivity contribution is -0.139. The molecule has 1 amide bonds. The van der Waals surface area contributed by atoms with Crippen LogP contribution >= 0.6 is 0 Å². The summed E-state index contributed by atoms with van der Waals surface area (Å²) < 4.78 is 17.2. The van der Waals surface area contributed by atoms with E-state index in [-0.39, 0.29) is 17.9 Å². The van der Waals surface area contributed by atoms with Crippen molar-refractivity contribution in [3.05, 3.63) is 53.9 Å². The highest BCUT2D eigenvalue weighted by Crippen LogP contribution is 2.36. The van der Waals surface area contributed by atoms with E-state index in [1.54, 1.807) is 13.3 Å². The van der Waals surface area contributed by atoms with Crippen molar-refractivity contribution >= 4 is 5.91 Å². The van der Waals surface area contributed by atoms with Gasteiger partial charge in [0.2, 0.25) is 5.91 Å². The molecule has 1 unspecified atom stereocenters. The lowest BCUT2D eigenvalue weighted by atomic mass is 9.94. The fourth-order valence-corrected chi connectivity index (χ4v) is 3.91. The van der Waals surface area contributed by atoms with Gasteiger partial charge in [-0.05, 0) is 42.5 Å². The average molecular weight is 382 g/mol. The molecule has 0 N–H and O–H groups in total. The Bertz CT molecular complexity index is 803. The fraction of sp³-hybridized carbons (Fsp3) is 0.455. The molecule has 4 rings (SSSR count). The first-order chi connectivity index (χ1) is 13.7. The van der Waals surface area contributed by atoms with Crippen LogP contribution in [-0.2, 0) is 22.6 Å². The molecule has 1 atom stereocenters. The lowest BCUT2D eigenvalue weighted by Crippen LogP contribution is -2.46. The van der Waals surface area contributed by atoms with E-state index in [9.17, 15) is 4.79 Å². The quantitative estimate of drug-likeness (QED) is 0.796. The van der Waals surface area contributed by atoms with Crippen molar-refractivity contribution in [3.8, 4) is 11.5 Å². The van der Waals surface area contributed by atoms with E-state index in [0.717, 1.165) is 48.6 Å². The molecule has 1 saturated heterocycles. The first-order valence-electron chi connectivity index (χ1n) is 9.82. The molecule has 2 aliphatic rings. The van der Waals surface area contributed by atoms with Crippen LogP contribution in [0.15, 0.2) is 42.7 Å². The van der Waals surface area contributed by atoms with Crippen LogP contribution in [-0.4, -0.2) is 48.7 Å². The second kappa shape index (κ2) is 8.61. The summed E-state index contributed by atoms with van der Waals surface area (Å²) >= 11 is 0. The van der Waals surface area contributed by atoms with Gasteiger partial charge in [0.15, 0.2) is 11.5 Å². The van der Waals surface area contributed by atoms with Gasteiger partial charge in [-0.25, -0.2) is 0 Å². The lowest BCUT2D eigenvalue weighted by Gasteiger charge is -2.35. The minimum Gasteiger partial charge on any atom is -0.493 e. The second-order valence-electron chi connectivity index (χ2n) is 7.36.